The molecule has 0 spiro atoms. The molecule has 0 fully saturated rings. The first-order valence-corrected chi connectivity index (χ1v) is 6.31. The molecule has 0 saturated carbocycles. The normalized spacial score (nSPS) is 10.6. The van der Waals surface area contributed by atoms with E-state index in [-0.39, 0.29) is 11.7 Å². The van der Waals surface area contributed by atoms with Crippen molar-refractivity contribution < 1.29 is 9.18 Å². The lowest BCUT2D eigenvalue weighted by atomic mass is 10.3. The quantitative estimate of drug-likeness (QED) is 0.780. The second-order valence-electron chi connectivity index (χ2n) is 3.83. The predicted molar refractivity (Wildman–Crippen MR) is 71.8 cm³/mol. The number of amides is 1. The van der Waals surface area contributed by atoms with Crippen LogP contribution >= 0.6 is 11.3 Å². The minimum atomic E-state index is -0.338. The Balaban J connectivity index is 1.89. The molecule has 0 radical (unpaired) electrons. The van der Waals surface area contributed by atoms with Crippen molar-refractivity contribution in [2.45, 2.75) is 0 Å². The van der Waals surface area contributed by atoms with E-state index < -0.39 is 0 Å². The Morgan fingerprint density at radius 3 is 3.00 bits per heavy atom. The van der Waals surface area contributed by atoms with E-state index >= 15 is 0 Å². The Kier molecular flexibility index (Phi) is 2.92. The summed E-state index contributed by atoms with van der Waals surface area (Å²) in [7, 11) is 0. The van der Waals surface area contributed by atoms with Gasteiger partial charge in [0.25, 0.3) is 5.91 Å². The van der Waals surface area contributed by atoms with Crippen LogP contribution in [0, 0.1) is 5.82 Å². The van der Waals surface area contributed by atoms with Crippen LogP contribution in [0.4, 0.5) is 10.1 Å². The first kappa shape index (κ1) is 11.7. The van der Waals surface area contributed by atoms with Gasteiger partial charge in [-0.15, -0.1) is 11.3 Å². The number of thiazole rings is 1. The highest BCUT2D eigenvalue weighted by Crippen LogP contribution is 2.23. The highest BCUT2D eigenvalue weighted by molar-refractivity contribution is 7.20. The van der Waals surface area contributed by atoms with Crippen LogP contribution < -0.4 is 5.32 Å². The zero-order chi connectivity index (χ0) is 13.2. The van der Waals surface area contributed by atoms with Crippen LogP contribution in [0.2, 0.25) is 0 Å². The van der Waals surface area contributed by atoms with Gasteiger partial charge in [0.2, 0.25) is 0 Å². The maximum Gasteiger partial charge on any atom is 0.284 e. The minimum Gasteiger partial charge on any atom is -0.319 e. The summed E-state index contributed by atoms with van der Waals surface area (Å²) in [6.45, 7) is 0. The van der Waals surface area contributed by atoms with E-state index in [0.29, 0.717) is 20.9 Å². The molecule has 0 unspecified atom stereocenters. The molecule has 0 atom stereocenters. The van der Waals surface area contributed by atoms with Crippen LogP contribution in [-0.4, -0.2) is 15.9 Å². The van der Waals surface area contributed by atoms with Crippen LogP contribution in [0.15, 0.2) is 42.7 Å². The van der Waals surface area contributed by atoms with Crippen molar-refractivity contribution in [3.05, 3.63) is 53.6 Å². The number of anilines is 1. The van der Waals surface area contributed by atoms with Gasteiger partial charge in [-0.1, -0.05) is 0 Å². The van der Waals surface area contributed by atoms with Gasteiger partial charge in [-0.25, -0.2) is 9.37 Å². The van der Waals surface area contributed by atoms with Gasteiger partial charge in [0.15, 0.2) is 5.01 Å². The fraction of sp³-hybridized carbons (Fsp3) is 0. The summed E-state index contributed by atoms with van der Waals surface area (Å²) in [5.74, 6) is -0.662. The predicted octanol–water partition coefficient (Wildman–Crippen LogP) is 3.08. The Hall–Kier alpha value is -2.34. The molecule has 1 N–H and O–H groups in total. The van der Waals surface area contributed by atoms with Crippen LogP contribution in [0.1, 0.15) is 9.80 Å². The van der Waals surface area contributed by atoms with E-state index in [1.807, 2.05) is 0 Å². The zero-order valence-electron chi connectivity index (χ0n) is 9.63. The molecule has 4 nitrogen and oxygen atoms in total. The molecule has 2 aromatic heterocycles. The number of hydrogen-bond donors (Lipinski definition) is 1. The van der Waals surface area contributed by atoms with Crippen molar-refractivity contribution >= 4 is 33.1 Å². The van der Waals surface area contributed by atoms with Crippen molar-refractivity contribution in [2.24, 2.45) is 0 Å². The van der Waals surface area contributed by atoms with Gasteiger partial charge in [-0.3, -0.25) is 9.78 Å². The number of carbonyl (C=O) groups excluding carboxylic acids is 1. The number of benzene rings is 1. The number of halogens is 1. The topological polar surface area (TPSA) is 54.9 Å². The Morgan fingerprint density at radius 2 is 2.21 bits per heavy atom. The molecule has 0 bridgehead atoms. The fourth-order valence-corrected chi connectivity index (χ4v) is 2.50. The first-order valence-electron chi connectivity index (χ1n) is 5.50. The molecule has 94 valence electrons. The molecule has 0 aliphatic heterocycles. The molecule has 2 heterocycles. The number of aromatic nitrogens is 2. The number of pyridine rings is 1. The molecule has 6 heteroatoms. The van der Waals surface area contributed by atoms with Gasteiger partial charge in [0.05, 0.1) is 22.1 Å². The second kappa shape index (κ2) is 4.74. The number of nitrogens with one attached hydrogen (secondary N) is 1. The van der Waals surface area contributed by atoms with E-state index in [9.17, 15) is 9.18 Å². The second-order valence-corrected chi connectivity index (χ2v) is 4.86. The maximum absolute atomic E-state index is 13.1. The minimum absolute atomic E-state index is 0.296. The summed E-state index contributed by atoms with van der Waals surface area (Å²) in [4.78, 5) is 20.1. The van der Waals surface area contributed by atoms with Crippen LogP contribution in [-0.2, 0) is 0 Å². The first-order chi connectivity index (χ1) is 9.22. The summed E-state index contributed by atoms with van der Waals surface area (Å²) in [6, 6.07) is 7.71. The Labute approximate surface area is 111 Å². The molecule has 1 aromatic carbocycles. The summed E-state index contributed by atoms with van der Waals surface area (Å²) in [6.07, 6.45) is 3.17. The smallest absolute Gasteiger partial charge is 0.284 e. The number of nitrogens with zero attached hydrogens (tertiary/aromatic N) is 2. The summed E-state index contributed by atoms with van der Waals surface area (Å²) in [5.41, 5.74) is 1.21. The highest BCUT2D eigenvalue weighted by atomic mass is 32.1. The largest absolute Gasteiger partial charge is 0.319 e. The third-order valence-electron chi connectivity index (χ3n) is 2.46. The number of fused-ring (bicyclic) bond motifs is 1. The van der Waals surface area contributed by atoms with E-state index in [1.54, 1.807) is 30.6 Å². The zero-order valence-corrected chi connectivity index (χ0v) is 10.4. The van der Waals surface area contributed by atoms with Crippen LogP contribution in [0.25, 0.3) is 10.2 Å². The van der Waals surface area contributed by atoms with Crippen LogP contribution in [0.3, 0.4) is 0 Å². The molecule has 0 saturated heterocycles. The standard InChI is InChI=1S/C13H8FN3OS/c14-8-3-4-10-11(6-8)19-13(17-10)12(18)16-9-2-1-5-15-7-9/h1-7H,(H,16,18). The summed E-state index contributed by atoms with van der Waals surface area (Å²) in [5, 5.41) is 2.98. The van der Waals surface area contributed by atoms with Gasteiger partial charge in [0.1, 0.15) is 5.82 Å². The molecular formula is C13H8FN3OS. The molecule has 3 aromatic rings. The highest BCUT2D eigenvalue weighted by Gasteiger charge is 2.12. The molecule has 19 heavy (non-hydrogen) atoms. The van der Waals surface area contributed by atoms with Crippen molar-refractivity contribution in [3.63, 3.8) is 0 Å². The van der Waals surface area contributed by atoms with E-state index in [2.05, 4.69) is 15.3 Å². The van der Waals surface area contributed by atoms with E-state index in [0.717, 1.165) is 11.3 Å². The molecule has 0 aliphatic rings. The summed E-state index contributed by atoms with van der Waals surface area (Å²) < 4.78 is 13.7. The third kappa shape index (κ3) is 2.43. The molecule has 3 rings (SSSR count). The van der Waals surface area contributed by atoms with Crippen molar-refractivity contribution in [1.29, 1.82) is 0 Å². The van der Waals surface area contributed by atoms with Gasteiger partial charge < -0.3 is 5.32 Å². The van der Waals surface area contributed by atoms with E-state index in [1.165, 1.54) is 12.1 Å². The number of hydrogen-bond acceptors (Lipinski definition) is 4. The molecule has 0 aliphatic carbocycles. The van der Waals surface area contributed by atoms with Gasteiger partial charge >= 0.3 is 0 Å². The van der Waals surface area contributed by atoms with Crippen molar-refractivity contribution in [3.8, 4) is 0 Å². The third-order valence-corrected chi connectivity index (χ3v) is 3.48. The van der Waals surface area contributed by atoms with Gasteiger partial charge in [0, 0.05) is 6.20 Å². The fourth-order valence-electron chi connectivity index (χ4n) is 1.62. The van der Waals surface area contributed by atoms with E-state index in [4.69, 9.17) is 0 Å². The average Bonchev–Trinajstić information content (AvgIpc) is 2.83. The maximum atomic E-state index is 13.1. The lowest BCUT2D eigenvalue weighted by molar-refractivity contribution is 0.102. The van der Waals surface area contributed by atoms with Crippen molar-refractivity contribution in [1.82, 2.24) is 9.97 Å². The lowest BCUT2D eigenvalue weighted by Gasteiger charge is -2.00. The SMILES string of the molecule is O=C(Nc1cccnc1)c1nc2ccc(F)cc2s1. The Bertz CT molecular complexity index is 742. The molecular weight excluding hydrogens is 265 g/mol. The number of rotatable bonds is 2. The molecule has 1 amide bonds. The van der Waals surface area contributed by atoms with Gasteiger partial charge in [-0.05, 0) is 30.3 Å². The van der Waals surface area contributed by atoms with Crippen molar-refractivity contribution in [2.75, 3.05) is 5.32 Å². The average molecular weight is 273 g/mol. The van der Waals surface area contributed by atoms with Crippen LogP contribution in [0.5, 0.6) is 0 Å². The Morgan fingerprint density at radius 1 is 1.32 bits per heavy atom. The number of carbonyl (C=O) groups is 1. The van der Waals surface area contributed by atoms with Gasteiger partial charge in [-0.2, -0.15) is 0 Å². The summed E-state index contributed by atoms with van der Waals surface area (Å²) >= 11 is 1.16. The monoisotopic (exact) mass is 273 g/mol. The lowest BCUT2D eigenvalue weighted by Crippen LogP contribution is -2.11.